The summed E-state index contributed by atoms with van der Waals surface area (Å²) in [6, 6.07) is 13.4. The van der Waals surface area contributed by atoms with E-state index in [-0.39, 0.29) is 10.8 Å². The molecule has 1 N–H and O–H groups in total. The van der Waals surface area contributed by atoms with Gasteiger partial charge < -0.3 is 14.7 Å². The number of ether oxygens (including phenoxy) is 1. The van der Waals surface area contributed by atoms with E-state index in [2.05, 4.69) is 54.6 Å². The molecule has 1 aliphatic rings. The number of piperidine rings is 1. The number of rotatable bonds is 9. The molecule has 4 heterocycles. The summed E-state index contributed by atoms with van der Waals surface area (Å²) >= 11 is 1.27. The summed E-state index contributed by atoms with van der Waals surface area (Å²) in [5.74, 6) is 0.829. The second-order valence-corrected chi connectivity index (χ2v) is 18.8. The van der Waals surface area contributed by atoms with Crippen LogP contribution in [0.4, 0.5) is 5.69 Å². The van der Waals surface area contributed by atoms with E-state index in [9.17, 15) is 9.90 Å². The van der Waals surface area contributed by atoms with Gasteiger partial charge in [0.1, 0.15) is 6.73 Å². The zero-order valence-electron chi connectivity index (χ0n) is 23.6. The summed E-state index contributed by atoms with van der Waals surface area (Å²) in [6.07, 6.45) is 5.34. The number of hydrogen-bond donors (Lipinski definition) is 1. The molecule has 8 nitrogen and oxygen atoms in total. The van der Waals surface area contributed by atoms with Crippen molar-refractivity contribution in [2.45, 2.75) is 70.6 Å². The average Bonchev–Trinajstić information content (AvgIpc) is 3.50. The highest BCUT2D eigenvalue weighted by Gasteiger charge is 2.27. The van der Waals surface area contributed by atoms with Crippen LogP contribution >= 0.6 is 11.3 Å². The predicted molar refractivity (Wildman–Crippen MR) is 161 cm³/mol. The lowest BCUT2D eigenvalue weighted by Crippen LogP contribution is -2.42. The van der Waals surface area contributed by atoms with E-state index in [4.69, 9.17) is 9.84 Å². The molecule has 208 valence electrons. The number of benzene rings is 1. The summed E-state index contributed by atoms with van der Waals surface area (Å²) in [5.41, 5.74) is 3.47. The highest BCUT2D eigenvalue weighted by atomic mass is 32.1. The number of anilines is 1. The Balaban J connectivity index is 1.26. The molecule has 4 aromatic rings. The van der Waals surface area contributed by atoms with Crippen molar-refractivity contribution >= 4 is 35.3 Å². The van der Waals surface area contributed by atoms with Crippen molar-refractivity contribution < 1.29 is 9.84 Å². The fourth-order valence-electron chi connectivity index (χ4n) is 4.82. The fourth-order valence-corrected chi connectivity index (χ4v) is 6.51. The number of pyridine rings is 1. The number of fused-ring (bicyclic) bond motifs is 1. The van der Waals surface area contributed by atoms with Gasteiger partial charge in [-0.3, -0.25) is 9.36 Å². The molecule has 0 saturated carbocycles. The summed E-state index contributed by atoms with van der Waals surface area (Å²) in [5, 5.41) is 15.0. The number of thiazole rings is 1. The molecule has 0 aliphatic carbocycles. The second kappa shape index (κ2) is 11.0. The van der Waals surface area contributed by atoms with Crippen LogP contribution in [-0.4, -0.2) is 57.8 Å². The Bertz CT molecular complexity index is 1480. The molecule has 0 amide bonds. The van der Waals surface area contributed by atoms with E-state index in [1.807, 2.05) is 42.2 Å². The minimum Gasteiger partial charge on any atom is -0.390 e. The van der Waals surface area contributed by atoms with Crippen LogP contribution in [-0.2, 0) is 11.5 Å². The molecule has 1 aromatic carbocycles. The lowest BCUT2D eigenvalue weighted by molar-refractivity contribution is 0.0351. The van der Waals surface area contributed by atoms with Crippen LogP contribution < -0.4 is 9.77 Å². The molecule has 1 fully saturated rings. The largest absolute Gasteiger partial charge is 0.390 e. The van der Waals surface area contributed by atoms with Crippen LogP contribution in [0.2, 0.25) is 25.7 Å². The van der Waals surface area contributed by atoms with Crippen LogP contribution in [0.3, 0.4) is 0 Å². The number of aliphatic hydroxyl groups is 1. The van der Waals surface area contributed by atoms with Crippen molar-refractivity contribution in [1.82, 2.24) is 19.3 Å². The van der Waals surface area contributed by atoms with E-state index in [0.29, 0.717) is 13.3 Å². The van der Waals surface area contributed by atoms with Gasteiger partial charge in [-0.1, -0.05) is 44.0 Å². The van der Waals surface area contributed by atoms with Gasteiger partial charge in [-0.15, -0.1) is 0 Å². The molecule has 1 atom stereocenters. The van der Waals surface area contributed by atoms with Crippen LogP contribution in [0.15, 0.2) is 53.6 Å². The Morgan fingerprint density at radius 3 is 2.62 bits per heavy atom. The first-order valence-electron chi connectivity index (χ1n) is 13.7. The highest BCUT2D eigenvalue weighted by molar-refractivity contribution is 7.16. The Labute approximate surface area is 234 Å². The van der Waals surface area contributed by atoms with E-state index >= 15 is 0 Å². The van der Waals surface area contributed by atoms with E-state index in [1.54, 1.807) is 4.57 Å². The quantitative estimate of drug-likeness (QED) is 0.214. The third kappa shape index (κ3) is 6.51. The van der Waals surface area contributed by atoms with Gasteiger partial charge in [0.15, 0.2) is 5.82 Å². The van der Waals surface area contributed by atoms with Gasteiger partial charge in [-0.2, -0.15) is 5.10 Å². The molecule has 5 rings (SSSR count). The van der Waals surface area contributed by atoms with Crippen molar-refractivity contribution in [2.24, 2.45) is 0 Å². The van der Waals surface area contributed by atoms with Gasteiger partial charge in [0.25, 0.3) is 0 Å². The lowest BCUT2D eigenvalue weighted by Gasteiger charge is -2.36. The Morgan fingerprint density at radius 2 is 1.92 bits per heavy atom. The van der Waals surface area contributed by atoms with Gasteiger partial charge in [-0.25, -0.2) is 9.67 Å². The Hall–Kier alpha value is -2.79. The SMILES string of the molecule is CC(c1ccc2c(c1)sc(=O)n2COCC[Si](C)(C)C)c1ccn(-c2ccc(N3CCC(C)(O)CC3)cn2)n1. The molecule has 10 heteroatoms. The maximum absolute atomic E-state index is 12.7. The standard InChI is InChI=1S/C29H39N5O3SSi/c1-21(22-6-8-25-26(18-22)38-28(35)33(25)20-37-16-17-39(3,4)5)24-10-13-34(31-24)27-9-7-23(19-30-27)32-14-11-29(2,36)12-15-32/h6-10,13,18-19,21,36H,11-12,14-17,20H2,1-5H3. The van der Waals surface area contributed by atoms with Crippen LogP contribution in [0.5, 0.6) is 0 Å². The first kappa shape index (κ1) is 27.8. The van der Waals surface area contributed by atoms with Gasteiger partial charge in [0, 0.05) is 39.9 Å². The average molecular weight is 566 g/mol. The normalized spacial score (nSPS) is 16.6. The van der Waals surface area contributed by atoms with Gasteiger partial charge in [0.05, 0.1) is 33.4 Å². The molecule has 3 aromatic heterocycles. The zero-order chi connectivity index (χ0) is 27.8. The van der Waals surface area contributed by atoms with Crippen molar-refractivity contribution in [2.75, 3.05) is 24.6 Å². The molecule has 0 radical (unpaired) electrons. The Kier molecular flexibility index (Phi) is 7.83. The minimum absolute atomic E-state index is 0.0107. The van der Waals surface area contributed by atoms with Crippen molar-refractivity contribution in [3.8, 4) is 5.82 Å². The van der Waals surface area contributed by atoms with E-state index in [0.717, 1.165) is 65.0 Å². The second-order valence-electron chi connectivity index (χ2n) is 12.1. The maximum atomic E-state index is 12.7. The number of aromatic nitrogens is 4. The molecular formula is C29H39N5O3SSi. The third-order valence-corrected chi connectivity index (χ3v) is 10.3. The molecule has 1 saturated heterocycles. The van der Waals surface area contributed by atoms with E-state index in [1.165, 1.54) is 11.3 Å². The smallest absolute Gasteiger partial charge is 0.310 e. The molecule has 0 bridgehead atoms. The molecule has 39 heavy (non-hydrogen) atoms. The van der Waals surface area contributed by atoms with Crippen molar-refractivity contribution in [3.63, 3.8) is 0 Å². The first-order chi connectivity index (χ1) is 18.5. The Morgan fingerprint density at radius 1 is 1.15 bits per heavy atom. The number of nitrogens with zero attached hydrogens (tertiary/aromatic N) is 5. The molecule has 1 unspecified atom stereocenters. The first-order valence-corrected chi connectivity index (χ1v) is 18.2. The predicted octanol–water partition coefficient (Wildman–Crippen LogP) is 5.46. The van der Waals surface area contributed by atoms with Gasteiger partial charge >= 0.3 is 4.87 Å². The molecule has 0 spiro atoms. The summed E-state index contributed by atoms with van der Waals surface area (Å²) in [7, 11) is -1.16. The fraction of sp³-hybridized carbons (Fsp3) is 0.483. The summed E-state index contributed by atoms with van der Waals surface area (Å²) < 4.78 is 10.4. The van der Waals surface area contributed by atoms with E-state index < -0.39 is 13.7 Å². The number of hydrogen-bond acceptors (Lipinski definition) is 7. The van der Waals surface area contributed by atoms with Crippen molar-refractivity contribution in [3.05, 3.63) is 69.7 Å². The molecule has 1 aliphatic heterocycles. The third-order valence-electron chi connectivity index (χ3n) is 7.64. The summed E-state index contributed by atoms with van der Waals surface area (Å²) in [4.78, 5) is 19.6. The van der Waals surface area contributed by atoms with Gasteiger partial charge in [0.2, 0.25) is 0 Å². The maximum Gasteiger partial charge on any atom is 0.310 e. The van der Waals surface area contributed by atoms with Crippen LogP contribution in [0, 0.1) is 0 Å². The topological polar surface area (TPSA) is 85.4 Å². The van der Waals surface area contributed by atoms with Crippen molar-refractivity contribution in [1.29, 1.82) is 0 Å². The van der Waals surface area contributed by atoms with Crippen LogP contribution in [0.1, 0.15) is 43.9 Å². The monoisotopic (exact) mass is 565 g/mol. The van der Waals surface area contributed by atoms with Gasteiger partial charge in [-0.05, 0) is 61.7 Å². The zero-order valence-corrected chi connectivity index (χ0v) is 25.4. The minimum atomic E-state index is -1.16. The van der Waals surface area contributed by atoms with Crippen LogP contribution in [0.25, 0.3) is 16.0 Å². The highest BCUT2D eigenvalue weighted by Crippen LogP contribution is 2.29. The lowest BCUT2D eigenvalue weighted by atomic mass is 9.94. The summed E-state index contributed by atoms with van der Waals surface area (Å²) in [6.45, 7) is 13.7. The molecular weight excluding hydrogens is 527 g/mol.